The summed E-state index contributed by atoms with van der Waals surface area (Å²) in [5.74, 6) is 2.12. The second kappa shape index (κ2) is 4.95. The van der Waals surface area contributed by atoms with Crippen LogP contribution in [0.4, 0.5) is 0 Å². The third-order valence-corrected chi connectivity index (χ3v) is 7.79. The van der Waals surface area contributed by atoms with Crippen LogP contribution in [0.25, 0.3) is 0 Å². The smallest absolute Gasteiger partial charge is 0.162 e. The second-order valence-electron chi connectivity index (χ2n) is 8.75. The molecule has 0 heterocycles. The molecular formula is C20H29NO2. The first kappa shape index (κ1) is 15.4. The van der Waals surface area contributed by atoms with Crippen LogP contribution in [0, 0.1) is 28.6 Å². The average molecular weight is 315 g/mol. The minimum Gasteiger partial charge on any atom is -0.402 e. The monoisotopic (exact) mass is 315 g/mol. The first-order valence-electron chi connectivity index (χ1n) is 9.09. The van der Waals surface area contributed by atoms with Crippen molar-refractivity contribution in [2.75, 3.05) is 7.11 Å². The molecule has 4 aliphatic rings. The van der Waals surface area contributed by atoms with Crippen LogP contribution in [0.2, 0.25) is 0 Å². The molecule has 0 spiro atoms. The number of Topliss-reactive ketones (excluding diaryl/α,β-unsaturated/α-hetero) is 1. The van der Waals surface area contributed by atoms with Gasteiger partial charge in [0.25, 0.3) is 0 Å². The second-order valence-corrected chi connectivity index (χ2v) is 8.75. The number of carbonyl (C=O) groups is 1. The summed E-state index contributed by atoms with van der Waals surface area (Å²) in [6.45, 7) is 4.74. The van der Waals surface area contributed by atoms with Crippen LogP contribution in [0.3, 0.4) is 0 Å². The highest BCUT2D eigenvalue weighted by Crippen LogP contribution is 2.64. The number of rotatable bonds is 1. The standard InChI is InChI=1S/C20H29NO2/c1-19-8-6-13(21)10-12(19)4-5-14-15(19)7-9-20(2)16(14)11-17(22)18(20)23-3/h4,6,14-16,18H,5,7-11,21H2,1-3H3/t14-,15+,16+,18-,19+,20+/m1/s1. The molecule has 0 unspecified atom stereocenters. The Morgan fingerprint density at radius 1 is 1.26 bits per heavy atom. The molecule has 3 nitrogen and oxygen atoms in total. The Kier molecular flexibility index (Phi) is 3.32. The molecule has 0 aliphatic heterocycles. The quantitative estimate of drug-likeness (QED) is 0.752. The number of carbonyl (C=O) groups excluding carboxylic acids is 1. The Morgan fingerprint density at radius 3 is 2.78 bits per heavy atom. The Bertz CT molecular complexity index is 607. The Labute approximate surface area is 139 Å². The van der Waals surface area contributed by atoms with E-state index in [4.69, 9.17) is 10.5 Å². The van der Waals surface area contributed by atoms with Gasteiger partial charge in [-0.1, -0.05) is 31.6 Å². The summed E-state index contributed by atoms with van der Waals surface area (Å²) >= 11 is 0. The van der Waals surface area contributed by atoms with E-state index in [0.29, 0.717) is 30.0 Å². The maximum atomic E-state index is 12.5. The Balaban J connectivity index is 1.70. The van der Waals surface area contributed by atoms with Gasteiger partial charge in [-0.15, -0.1) is 0 Å². The zero-order chi connectivity index (χ0) is 16.4. The molecule has 0 aromatic rings. The fourth-order valence-electron chi connectivity index (χ4n) is 6.50. The Morgan fingerprint density at radius 2 is 2.04 bits per heavy atom. The van der Waals surface area contributed by atoms with Crippen molar-refractivity contribution in [3.63, 3.8) is 0 Å². The van der Waals surface area contributed by atoms with E-state index in [2.05, 4.69) is 26.0 Å². The van der Waals surface area contributed by atoms with Gasteiger partial charge in [-0.05, 0) is 48.9 Å². The maximum absolute atomic E-state index is 12.5. The van der Waals surface area contributed by atoms with Crippen molar-refractivity contribution in [2.24, 2.45) is 34.3 Å². The van der Waals surface area contributed by atoms with Gasteiger partial charge >= 0.3 is 0 Å². The Hall–Kier alpha value is -1.09. The van der Waals surface area contributed by atoms with Crippen LogP contribution in [0.1, 0.15) is 52.4 Å². The van der Waals surface area contributed by atoms with Crippen LogP contribution >= 0.6 is 0 Å². The molecule has 4 aliphatic carbocycles. The van der Waals surface area contributed by atoms with Crippen LogP contribution in [0.5, 0.6) is 0 Å². The lowest BCUT2D eigenvalue weighted by Gasteiger charge is -2.56. The van der Waals surface area contributed by atoms with Crippen molar-refractivity contribution >= 4 is 5.78 Å². The summed E-state index contributed by atoms with van der Waals surface area (Å²) in [7, 11) is 1.71. The molecule has 2 fully saturated rings. The fourth-order valence-corrected chi connectivity index (χ4v) is 6.50. The van der Waals surface area contributed by atoms with E-state index in [-0.39, 0.29) is 16.9 Å². The van der Waals surface area contributed by atoms with Gasteiger partial charge in [-0.25, -0.2) is 0 Å². The largest absolute Gasteiger partial charge is 0.402 e. The van der Waals surface area contributed by atoms with Gasteiger partial charge in [-0.2, -0.15) is 0 Å². The molecule has 0 bridgehead atoms. The number of ketones is 1. The summed E-state index contributed by atoms with van der Waals surface area (Å²) in [5, 5.41) is 0. The van der Waals surface area contributed by atoms with Gasteiger partial charge in [0.15, 0.2) is 5.78 Å². The number of fused-ring (bicyclic) bond motifs is 5. The fraction of sp³-hybridized carbons (Fsp3) is 0.750. The summed E-state index contributed by atoms with van der Waals surface area (Å²) in [6.07, 6.45) is 10.7. The van der Waals surface area contributed by atoms with E-state index in [1.807, 2.05) is 0 Å². The number of allylic oxidation sites excluding steroid dienone is 3. The number of methoxy groups -OCH3 is 1. The molecule has 0 amide bonds. The first-order valence-corrected chi connectivity index (χ1v) is 9.09. The van der Waals surface area contributed by atoms with E-state index >= 15 is 0 Å². The van der Waals surface area contributed by atoms with Gasteiger partial charge in [-0.3, -0.25) is 4.79 Å². The predicted molar refractivity (Wildman–Crippen MR) is 90.5 cm³/mol. The minimum atomic E-state index is -0.187. The van der Waals surface area contributed by atoms with Crippen molar-refractivity contribution < 1.29 is 9.53 Å². The van der Waals surface area contributed by atoms with E-state index in [1.165, 1.54) is 6.42 Å². The van der Waals surface area contributed by atoms with Crippen molar-refractivity contribution in [3.8, 4) is 0 Å². The third kappa shape index (κ3) is 1.95. The van der Waals surface area contributed by atoms with Crippen molar-refractivity contribution in [1.82, 2.24) is 0 Å². The van der Waals surface area contributed by atoms with E-state index < -0.39 is 0 Å². The highest BCUT2D eigenvalue weighted by Gasteiger charge is 2.61. The first-order chi connectivity index (χ1) is 10.9. The SMILES string of the molecule is CO[C@@H]1C(=O)C[C@H]2[C@@H]3CC=C4CC(N)=CC[C@]4(C)[C@H]3CC[C@]12C. The van der Waals surface area contributed by atoms with Gasteiger partial charge < -0.3 is 10.5 Å². The van der Waals surface area contributed by atoms with Crippen LogP contribution in [0.15, 0.2) is 23.4 Å². The van der Waals surface area contributed by atoms with Crippen LogP contribution < -0.4 is 5.73 Å². The van der Waals surface area contributed by atoms with Gasteiger partial charge in [0.05, 0.1) is 0 Å². The summed E-state index contributed by atoms with van der Waals surface area (Å²) in [4.78, 5) is 12.5. The van der Waals surface area contributed by atoms with Crippen molar-refractivity contribution in [1.29, 1.82) is 0 Å². The zero-order valence-electron chi connectivity index (χ0n) is 14.6. The zero-order valence-corrected chi connectivity index (χ0v) is 14.6. The average Bonchev–Trinajstić information content (AvgIpc) is 2.77. The predicted octanol–water partition coefficient (Wildman–Crippen LogP) is 3.60. The van der Waals surface area contributed by atoms with Crippen LogP contribution in [-0.2, 0) is 9.53 Å². The number of nitrogens with two attached hydrogens (primary N) is 1. The highest BCUT2D eigenvalue weighted by atomic mass is 16.5. The molecule has 3 heteroatoms. The lowest BCUT2D eigenvalue weighted by molar-refractivity contribution is -0.131. The van der Waals surface area contributed by atoms with Crippen molar-refractivity contribution in [3.05, 3.63) is 23.4 Å². The summed E-state index contributed by atoms with van der Waals surface area (Å²) in [5.41, 5.74) is 8.96. The highest BCUT2D eigenvalue weighted by molar-refractivity contribution is 5.87. The lowest BCUT2D eigenvalue weighted by Crippen LogP contribution is -2.50. The van der Waals surface area contributed by atoms with Gasteiger partial charge in [0.1, 0.15) is 6.10 Å². The molecule has 23 heavy (non-hydrogen) atoms. The molecular weight excluding hydrogens is 286 g/mol. The van der Waals surface area contributed by atoms with Gasteiger partial charge in [0, 0.05) is 31.1 Å². The maximum Gasteiger partial charge on any atom is 0.162 e. The molecule has 2 N–H and O–H groups in total. The minimum absolute atomic E-state index is 0.0399. The molecule has 0 saturated heterocycles. The molecule has 6 atom stereocenters. The summed E-state index contributed by atoms with van der Waals surface area (Å²) < 4.78 is 5.63. The molecule has 126 valence electrons. The molecule has 0 aromatic carbocycles. The van der Waals surface area contributed by atoms with E-state index in [9.17, 15) is 4.79 Å². The molecule has 4 rings (SSSR count). The lowest BCUT2D eigenvalue weighted by atomic mass is 9.48. The van der Waals surface area contributed by atoms with Crippen LogP contribution in [-0.4, -0.2) is 19.0 Å². The number of hydrogen-bond donors (Lipinski definition) is 1. The third-order valence-electron chi connectivity index (χ3n) is 7.79. The topological polar surface area (TPSA) is 52.3 Å². The number of hydrogen-bond acceptors (Lipinski definition) is 3. The van der Waals surface area contributed by atoms with Crippen molar-refractivity contribution in [2.45, 2.75) is 58.5 Å². The number of ether oxygens (including phenoxy) is 1. The van der Waals surface area contributed by atoms with Gasteiger partial charge in [0.2, 0.25) is 0 Å². The van der Waals surface area contributed by atoms with E-state index in [1.54, 1.807) is 12.7 Å². The molecule has 0 aromatic heterocycles. The molecule has 2 saturated carbocycles. The molecule has 0 radical (unpaired) electrons. The van der Waals surface area contributed by atoms with E-state index in [0.717, 1.165) is 31.4 Å². The summed E-state index contributed by atoms with van der Waals surface area (Å²) in [6, 6.07) is 0. The normalized spacial score (nSPS) is 48.9.